The number of nitrogens with zero attached hydrogens (tertiary/aromatic N) is 1. The highest BCUT2D eigenvalue weighted by Crippen LogP contribution is 2.20. The monoisotopic (exact) mass is 345 g/mol. The van der Waals surface area contributed by atoms with E-state index in [1.54, 1.807) is 31.3 Å². The molecule has 0 atom stereocenters. The van der Waals surface area contributed by atoms with Gasteiger partial charge in [0.15, 0.2) is 0 Å². The van der Waals surface area contributed by atoms with Crippen LogP contribution >= 0.6 is 11.6 Å². The number of hydrogen-bond acceptors (Lipinski definition) is 2. The summed E-state index contributed by atoms with van der Waals surface area (Å²) in [7, 11) is 1.55. The molecule has 0 saturated heterocycles. The summed E-state index contributed by atoms with van der Waals surface area (Å²) in [5.41, 5.74) is 2.33. The largest absolute Gasteiger partial charge is 0.324 e. The number of carbonyl (C=O) groups is 2. The minimum atomic E-state index is -0.401. The maximum Gasteiger partial charge on any atom is 0.322 e. The van der Waals surface area contributed by atoms with Gasteiger partial charge in [-0.05, 0) is 30.2 Å². The van der Waals surface area contributed by atoms with Crippen molar-refractivity contribution in [1.29, 1.82) is 0 Å². The van der Waals surface area contributed by atoms with Gasteiger partial charge in [0.05, 0.1) is 10.7 Å². The van der Waals surface area contributed by atoms with Crippen LogP contribution in [0.3, 0.4) is 0 Å². The molecule has 126 valence electrons. The minimum absolute atomic E-state index is 0.0612. The summed E-state index contributed by atoms with van der Waals surface area (Å²) in [4.78, 5) is 25.6. The normalized spacial score (nSPS) is 10.1. The van der Waals surface area contributed by atoms with Crippen LogP contribution in [0.1, 0.15) is 12.5 Å². The molecule has 0 aliphatic rings. The number of rotatable bonds is 5. The second-order valence-corrected chi connectivity index (χ2v) is 5.73. The van der Waals surface area contributed by atoms with Crippen molar-refractivity contribution in [2.24, 2.45) is 0 Å². The minimum Gasteiger partial charge on any atom is -0.324 e. The SMILES string of the molecule is CCc1ccccc1NC(=O)CN(C)C(=O)Nc1ccccc1Cl. The summed E-state index contributed by atoms with van der Waals surface area (Å²) < 4.78 is 0. The highest BCUT2D eigenvalue weighted by Gasteiger charge is 2.14. The van der Waals surface area contributed by atoms with E-state index in [4.69, 9.17) is 11.6 Å². The Kier molecular flexibility index (Phi) is 6.21. The van der Waals surface area contributed by atoms with E-state index in [0.717, 1.165) is 17.7 Å². The molecule has 0 aliphatic carbocycles. The molecule has 0 fully saturated rings. The summed E-state index contributed by atoms with van der Waals surface area (Å²) in [5, 5.41) is 5.96. The van der Waals surface area contributed by atoms with Gasteiger partial charge in [-0.15, -0.1) is 0 Å². The Labute approximate surface area is 146 Å². The highest BCUT2D eigenvalue weighted by molar-refractivity contribution is 6.33. The molecule has 0 saturated carbocycles. The van der Waals surface area contributed by atoms with Gasteiger partial charge in [0.1, 0.15) is 6.54 Å². The summed E-state index contributed by atoms with van der Waals surface area (Å²) in [6.45, 7) is 1.96. The number of anilines is 2. The van der Waals surface area contributed by atoms with Crippen LogP contribution in [0.25, 0.3) is 0 Å². The fourth-order valence-corrected chi connectivity index (χ4v) is 2.38. The Hall–Kier alpha value is -2.53. The van der Waals surface area contributed by atoms with Crippen LogP contribution in [0.2, 0.25) is 5.02 Å². The average molecular weight is 346 g/mol. The van der Waals surface area contributed by atoms with Gasteiger partial charge in [-0.3, -0.25) is 4.79 Å². The van der Waals surface area contributed by atoms with Gasteiger partial charge in [-0.1, -0.05) is 48.9 Å². The maximum absolute atomic E-state index is 12.2. The van der Waals surface area contributed by atoms with Crippen LogP contribution in [-0.2, 0) is 11.2 Å². The van der Waals surface area contributed by atoms with E-state index >= 15 is 0 Å². The van der Waals surface area contributed by atoms with E-state index in [9.17, 15) is 9.59 Å². The zero-order chi connectivity index (χ0) is 17.5. The molecule has 0 unspecified atom stereocenters. The van der Waals surface area contributed by atoms with Crippen molar-refractivity contribution in [3.05, 3.63) is 59.1 Å². The molecular weight excluding hydrogens is 326 g/mol. The fourth-order valence-electron chi connectivity index (χ4n) is 2.20. The molecule has 0 heterocycles. The van der Waals surface area contributed by atoms with E-state index in [-0.39, 0.29) is 12.5 Å². The lowest BCUT2D eigenvalue weighted by atomic mass is 10.1. The number of urea groups is 1. The molecular formula is C18H20ClN3O2. The number of halogens is 1. The molecule has 0 aromatic heterocycles. The molecule has 2 aromatic carbocycles. The van der Waals surface area contributed by atoms with Gasteiger partial charge < -0.3 is 15.5 Å². The molecule has 2 aromatic rings. The fraction of sp³-hybridized carbons (Fsp3) is 0.222. The van der Waals surface area contributed by atoms with Gasteiger partial charge in [0.2, 0.25) is 5.91 Å². The maximum atomic E-state index is 12.2. The van der Waals surface area contributed by atoms with Gasteiger partial charge in [-0.25, -0.2) is 4.79 Å². The second kappa shape index (κ2) is 8.36. The molecule has 6 heteroatoms. The number of nitrogens with one attached hydrogen (secondary N) is 2. The van der Waals surface area contributed by atoms with E-state index < -0.39 is 6.03 Å². The summed E-state index contributed by atoms with van der Waals surface area (Å²) >= 11 is 6.01. The second-order valence-electron chi connectivity index (χ2n) is 5.32. The number of carbonyl (C=O) groups excluding carboxylic acids is 2. The first-order chi connectivity index (χ1) is 11.5. The number of aryl methyl sites for hydroxylation is 1. The van der Waals surface area contributed by atoms with Crippen LogP contribution in [0.15, 0.2) is 48.5 Å². The van der Waals surface area contributed by atoms with E-state index in [1.165, 1.54) is 4.90 Å². The van der Waals surface area contributed by atoms with Crippen LogP contribution in [0, 0.1) is 0 Å². The molecule has 24 heavy (non-hydrogen) atoms. The molecule has 0 bridgehead atoms. The number of hydrogen-bond donors (Lipinski definition) is 2. The molecule has 0 radical (unpaired) electrons. The van der Waals surface area contributed by atoms with Crippen molar-refractivity contribution in [3.8, 4) is 0 Å². The van der Waals surface area contributed by atoms with Gasteiger partial charge in [0.25, 0.3) is 0 Å². The summed E-state index contributed by atoms with van der Waals surface area (Å²) in [5.74, 6) is -0.257. The van der Waals surface area contributed by atoms with Crippen LogP contribution < -0.4 is 10.6 Å². The van der Waals surface area contributed by atoms with Crippen LogP contribution in [0.5, 0.6) is 0 Å². The third kappa shape index (κ3) is 4.73. The molecule has 2 rings (SSSR count). The Balaban J connectivity index is 1.93. The summed E-state index contributed by atoms with van der Waals surface area (Å²) in [6.07, 6.45) is 0.819. The first-order valence-corrected chi connectivity index (χ1v) is 8.03. The number of benzene rings is 2. The lowest BCUT2D eigenvalue weighted by molar-refractivity contribution is -0.116. The van der Waals surface area contributed by atoms with Gasteiger partial charge >= 0.3 is 6.03 Å². The standard InChI is InChI=1S/C18H20ClN3O2/c1-3-13-8-4-6-10-15(13)20-17(23)12-22(2)18(24)21-16-11-7-5-9-14(16)19/h4-11H,3,12H2,1-2H3,(H,20,23)(H,21,24). The topological polar surface area (TPSA) is 61.4 Å². The number of para-hydroxylation sites is 2. The summed E-state index contributed by atoms with van der Waals surface area (Å²) in [6, 6.07) is 14.1. The lowest BCUT2D eigenvalue weighted by Crippen LogP contribution is -2.37. The third-order valence-corrected chi connectivity index (χ3v) is 3.84. The zero-order valence-corrected chi connectivity index (χ0v) is 14.4. The van der Waals surface area contributed by atoms with E-state index in [0.29, 0.717) is 10.7 Å². The predicted molar refractivity (Wildman–Crippen MR) is 97.6 cm³/mol. The van der Waals surface area contributed by atoms with E-state index in [1.807, 2.05) is 31.2 Å². The molecule has 5 nitrogen and oxygen atoms in total. The highest BCUT2D eigenvalue weighted by atomic mass is 35.5. The number of amides is 3. The van der Waals surface area contributed by atoms with Crippen LogP contribution in [-0.4, -0.2) is 30.4 Å². The van der Waals surface area contributed by atoms with Crippen molar-refractivity contribution >= 4 is 34.9 Å². The number of likely N-dealkylation sites (N-methyl/N-ethyl adjacent to an activating group) is 1. The van der Waals surface area contributed by atoms with Crippen molar-refractivity contribution in [3.63, 3.8) is 0 Å². The van der Waals surface area contributed by atoms with E-state index in [2.05, 4.69) is 10.6 Å². The molecule has 0 spiro atoms. The van der Waals surface area contributed by atoms with Crippen molar-refractivity contribution in [2.45, 2.75) is 13.3 Å². The zero-order valence-electron chi connectivity index (χ0n) is 13.7. The Morgan fingerprint density at radius 3 is 2.29 bits per heavy atom. The third-order valence-electron chi connectivity index (χ3n) is 3.52. The van der Waals surface area contributed by atoms with Crippen molar-refractivity contribution in [2.75, 3.05) is 24.2 Å². The average Bonchev–Trinajstić information content (AvgIpc) is 2.57. The smallest absolute Gasteiger partial charge is 0.322 e. The lowest BCUT2D eigenvalue weighted by Gasteiger charge is -2.18. The quantitative estimate of drug-likeness (QED) is 0.860. The van der Waals surface area contributed by atoms with Crippen molar-refractivity contribution in [1.82, 2.24) is 4.90 Å². The molecule has 3 amide bonds. The first kappa shape index (κ1) is 17.8. The Morgan fingerprint density at radius 2 is 1.62 bits per heavy atom. The van der Waals surface area contributed by atoms with Gasteiger partial charge in [0, 0.05) is 12.7 Å². The predicted octanol–water partition coefficient (Wildman–Crippen LogP) is 4.00. The molecule has 2 N–H and O–H groups in total. The van der Waals surface area contributed by atoms with Crippen molar-refractivity contribution < 1.29 is 9.59 Å². The first-order valence-electron chi connectivity index (χ1n) is 7.65. The van der Waals surface area contributed by atoms with Gasteiger partial charge in [-0.2, -0.15) is 0 Å². The Bertz CT molecular complexity index is 734. The molecule has 0 aliphatic heterocycles. The Morgan fingerprint density at radius 1 is 1.00 bits per heavy atom. The van der Waals surface area contributed by atoms with Crippen LogP contribution in [0.4, 0.5) is 16.2 Å².